The van der Waals surface area contributed by atoms with Gasteiger partial charge in [-0.2, -0.15) is 0 Å². The fraction of sp³-hybridized carbons (Fsp3) is 0.238. The summed E-state index contributed by atoms with van der Waals surface area (Å²) in [6, 6.07) is 8.90. The van der Waals surface area contributed by atoms with Gasteiger partial charge >= 0.3 is 18.0 Å². The van der Waals surface area contributed by atoms with Crippen LogP contribution in [-0.2, 0) is 14.3 Å². The Balaban J connectivity index is 1.78. The van der Waals surface area contributed by atoms with Gasteiger partial charge in [-0.25, -0.2) is 14.4 Å². The lowest BCUT2D eigenvalue weighted by molar-refractivity contribution is -0.139. The number of amides is 2. The molecule has 0 aliphatic carbocycles. The molecule has 1 aliphatic rings. The number of hydrogen-bond acceptors (Lipinski definition) is 7. The van der Waals surface area contributed by atoms with Crippen LogP contribution in [0, 0.1) is 0 Å². The second-order valence-electron chi connectivity index (χ2n) is 6.30. The molecule has 3 rings (SSSR count). The summed E-state index contributed by atoms with van der Waals surface area (Å²) < 4.78 is 16.1. The highest BCUT2D eigenvalue weighted by Gasteiger charge is 2.30. The number of rotatable bonds is 7. The topological polar surface area (TPSA) is 116 Å². The largest absolute Gasteiger partial charge is 0.463 e. The predicted molar refractivity (Wildman–Crippen MR) is 106 cm³/mol. The molecule has 1 aromatic carbocycles. The fourth-order valence-corrected chi connectivity index (χ4v) is 2.87. The Morgan fingerprint density at radius 2 is 1.90 bits per heavy atom. The first kappa shape index (κ1) is 20.8. The van der Waals surface area contributed by atoms with E-state index in [1.807, 2.05) is 0 Å². The zero-order valence-corrected chi connectivity index (χ0v) is 16.5. The van der Waals surface area contributed by atoms with E-state index in [9.17, 15) is 14.4 Å². The number of nitrogens with one attached hydrogen (secondary N) is 2. The van der Waals surface area contributed by atoms with E-state index < -0.39 is 24.0 Å². The molecule has 0 radical (unpaired) electrons. The standard InChI is InChI=1S/C21H21N3O6/c1-3-28-20(26)18-13(2)23-21(27)24-16(18)12-29-19(25)15-8-4-5-9-17(15)30-14-7-6-10-22-11-14/h4-11,13H,3,12H2,1-2H3,(H2,23,24,27). The first-order valence-corrected chi connectivity index (χ1v) is 9.31. The van der Waals surface area contributed by atoms with Gasteiger partial charge in [0.25, 0.3) is 0 Å². The van der Waals surface area contributed by atoms with Crippen molar-refractivity contribution in [1.82, 2.24) is 15.6 Å². The molecule has 156 valence electrons. The molecule has 0 spiro atoms. The van der Waals surface area contributed by atoms with Crippen molar-refractivity contribution in [2.75, 3.05) is 13.2 Å². The maximum Gasteiger partial charge on any atom is 0.342 e. The molecule has 0 fully saturated rings. The van der Waals surface area contributed by atoms with E-state index in [0.29, 0.717) is 5.75 Å². The highest BCUT2D eigenvalue weighted by atomic mass is 16.5. The predicted octanol–water partition coefficient (Wildman–Crippen LogP) is 2.55. The Morgan fingerprint density at radius 3 is 2.63 bits per heavy atom. The summed E-state index contributed by atoms with van der Waals surface area (Å²) in [7, 11) is 0. The number of ether oxygens (including phenoxy) is 3. The summed E-state index contributed by atoms with van der Waals surface area (Å²) >= 11 is 0. The molecule has 1 unspecified atom stereocenters. The van der Waals surface area contributed by atoms with Crippen molar-refractivity contribution < 1.29 is 28.6 Å². The van der Waals surface area contributed by atoms with Crippen molar-refractivity contribution in [3.8, 4) is 11.5 Å². The minimum absolute atomic E-state index is 0.170. The zero-order chi connectivity index (χ0) is 21.5. The van der Waals surface area contributed by atoms with Crippen molar-refractivity contribution in [3.63, 3.8) is 0 Å². The van der Waals surface area contributed by atoms with Crippen LogP contribution in [0.3, 0.4) is 0 Å². The van der Waals surface area contributed by atoms with Crippen LogP contribution in [0.5, 0.6) is 11.5 Å². The number of benzene rings is 1. The van der Waals surface area contributed by atoms with E-state index in [1.165, 1.54) is 6.20 Å². The Kier molecular flexibility index (Phi) is 6.63. The molecule has 9 nitrogen and oxygen atoms in total. The average molecular weight is 411 g/mol. The number of nitrogens with zero attached hydrogens (tertiary/aromatic N) is 1. The minimum Gasteiger partial charge on any atom is -0.463 e. The molecular formula is C21H21N3O6. The maximum atomic E-state index is 12.7. The van der Waals surface area contributed by atoms with Gasteiger partial charge in [0, 0.05) is 6.20 Å². The third-order valence-corrected chi connectivity index (χ3v) is 4.18. The number of hydrogen-bond donors (Lipinski definition) is 2. The summed E-state index contributed by atoms with van der Waals surface area (Å²) in [5.74, 6) is -0.517. The molecule has 2 heterocycles. The van der Waals surface area contributed by atoms with E-state index in [1.54, 1.807) is 56.4 Å². The zero-order valence-electron chi connectivity index (χ0n) is 16.5. The van der Waals surface area contributed by atoms with E-state index >= 15 is 0 Å². The maximum absolute atomic E-state index is 12.7. The van der Waals surface area contributed by atoms with Crippen molar-refractivity contribution in [1.29, 1.82) is 0 Å². The van der Waals surface area contributed by atoms with Crippen molar-refractivity contribution >= 4 is 18.0 Å². The van der Waals surface area contributed by atoms with Crippen LogP contribution >= 0.6 is 0 Å². The summed E-state index contributed by atoms with van der Waals surface area (Å²) in [5.41, 5.74) is 0.556. The Morgan fingerprint density at radius 1 is 1.10 bits per heavy atom. The van der Waals surface area contributed by atoms with Gasteiger partial charge in [0.15, 0.2) is 0 Å². The quantitative estimate of drug-likeness (QED) is 0.673. The number of esters is 2. The second-order valence-corrected chi connectivity index (χ2v) is 6.30. The number of carbonyl (C=O) groups is 3. The van der Waals surface area contributed by atoms with Gasteiger partial charge in [-0.3, -0.25) is 4.98 Å². The smallest absolute Gasteiger partial charge is 0.342 e. The van der Waals surface area contributed by atoms with Gasteiger partial charge in [-0.15, -0.1) is 0 Å². The first-order valence-electron chi connectivity index (χ1n) is 9.31. The molecule has 1 atom stereocenters. The normalized spacial score (nSPS) is 15.7. The van der Waals surface area contributed by atoms with E-state index in [-0.39, 0.29) is 35.8 Å². The van der Waals surface area contributed by atoms with E-state index in [0.717, 1.165) is 0 Å². The molecule has 0 bridgehead atoms. The van der Waals surface area contributed by atoms with Gasteiger partial charge in [0.1, 0.15) is 23.7 Å². The summed E-state index contributed by atoms with van der Waals surface area (Å²) in [5, 5.41) is 5.09. The van der Waals surface area contributed by atoms with Crippen LogP contribution in [0.2, 0.25) is 0 Å². The van der Waals surface area contributed by atoms with Crippen molar-refractivity contribution in [2.45, 2.75) is 19.9 Å². The van der Waals surface area contributed by atoms with Gasteiger partial charge in [-0.1, -0.05) is 12.1 Å². The average Bonchev–Trinajstić information content (AvgIpc) is 2.73. The lowest BCUT2D eigenvalue weighted by Crippen LogP contribution is -2.50. The summed E-state index contributed by atoms with van der Waals surface area (Å²) in [6.07, 6.45) is 3.13. The van der Waals surface area contributed by atoms with Crippen LogP contribution in [0.25, 0.3) is 0 Å². The molecule has 0 saturated carbocycles. The fourth-order valence-electron chi connectivity index (χ4n) is 2.87. The van der Waals surface area contributed by atoms with Crippen LogP contribution in [0.1, 0.15) is 24.2 Å². The third-order valence-electron chi connectivity index (χ3n) is 4.18. The first-order chi connectivity index (χ1) is 14.5. The van der Waals surface area contributed by atoms with Gasteiger partial charge in [0.05, 0.1) is 30.1 Å². The molecule has 2 N–H and O–H groups in total. The molecule has 2 aromatic rings. The van der Waals surface area contributed by atoms with Gasteiger partial charge < -0.3 is 24.8 Å². The minimum atomic E-state index is -0.675. The van der Waals surface area contributed by atoms with Gasteiger partial charge in [0.2, 0.25) is 0 Å². The molecule has 30 heavy (non-hydrogen) atoms. The number of para-hydroxylation sites is 1. The number of carbonyl (C=O) groups excluding carboxylic acids is 3. The Bertz CT molecular complexity index is 974. The van der Waals surface area contributed by atoms with Crippen LogP contribution in [0.15, 0.2) is 60.1 Å². The molecule has 0 saturated heterocycles. The molecule has 9 heteroatoms. The molecule has 1 aromatic heterocycles. The van der Waals surface area contributed by atoms with E-state index in [2.05, 4.69) is 15.6 Å². The molecular weight excluding hydrogens is 390 g/mol. The van der Waals surface area contributed by atoms with Crippen LogP contribution in [0.4, 0.5) is 4.79 Å². The van der Waals surface area contributed by atoms with Crippen molar-refractivity contribution in [2.24, 2.45) is 0 Å². The Hall–Kier alpha value is -3.88. The number of urea groups is 1. The summed E-state index contributed by atoms with van der Waals surface area (Å²) in [4.78, 5) is 40.7. The third kappa shape index (κ3) is 4.93. The highest BCUT2D eigenvalue weighted by Crippen LogP contribution is 2.25. The van der Waals surface area contributed by atoms with E-state index in [4.69, 9.17) is 14.2 Å². The number of pyridine rings is 1. The second kappa shape index (κ2) is 9.55. The highest BCUT2D eigenvalue weighted by molar-refractivity contribution is 5.95. The number of aromatic nitrogens is 1. The van der Waals surface area contributed by atoms with Crippen molar-refractivity contribution in [3.05, 3.63) is 65.6 Å². The SMILES string of the molecule is CCOC(=O)C1=C(COC(=O)c2ccccc2Oc2cccnc2)NC(=O)NC1C. The van der Waals surface area contributed by atoms with Crippen LogP contribution in [-0.4, -0.2) is 42.2 Å². The lowest BCUT2D eigenvalue weighted by atomic mass is 10.0. The van der Waals surface area contributed by atoms with Crippen LogP contribution < -0.4 is 15.4 Å². The summed E-state index contributed by atoms with van der Waals surface area (Å²) in [6.45, 7) is 3.18. The van der Waals surface area contributed by atoms with Gasteiger partial charge in [-0.05, 0) is 38.1 Å². The molecule has 2 amide bonds. The monoisotopic (exact) mass is 411 g/mol. The Labute approximate surface area is 173 Å². The lowest BCUT2D eigenvalue weighted by Gasteiger charge is -2.26. The molecule has 1 aliphatic heterocycles.